The summed E-state index contributed by atoms with van der Waals surface area (Å²) >= 11 is 6.50. The molecule has 9 aromatic rings. The number of nitrogens with zero attached hydrogens (tertiary/aromatic N) is 2. The molecule has 8 bridgehead atoms. The third kappa shape index (κ3) is 16.6. The Hall–Kier alpha value is -12.4. The number of allylic oxidation sites excluding steroid dienone is 21. The van der Waals surface area contributed by atoms with Crippen LogP contribution in [-0.2, 0) is 0 Å². The van der Waals surface area contributed by atoms with Gasteiger partial charge in [-0.05, 0) is 216 Å². The Kier molecular flexibility index (Phi) is 21.5. The molecule has 0 saturated carbocycles. The molecule has 0 atom stereocenters. The van der Waals surface area contributed by atoms with Gasteiger partial charge in [0.1, 0.15) is 0 Å². The number of ketones is 2. The minimum Gasteiger partial charge on any atom is -0.354 e. The summed E-state index contributed by atoms with van der Waals surface area (Å²) in [5.74, 6) is -1.50. The standard InChI is InChI=1S/C95H83ClN6O4/c1-59(15-10-11-16-60(2)18-13-20-62(4)27-45-76-65(7)21-14-56-95(76,8)9)17-12-19-61(3)22-28-66-29-35-71(36-30-66)93(105)97-73-41-37-69(38-42-73)90-82-50-46-78(99-82)88(67-31-23-63(5)24-32-67)80-48-52-84(101-80)91(85-53-49-81(102-85)89(79-47-51-83(90)100-79)68-33-25-64(6)26-34-68)70-39-43-74(44-40-70)98-94(106)72-57-75-86(103)54-55-87(104)92(75)77(96)58-72/h10-13,15-20,22-55,57-58,99,102H,14,21,56H2,1-9H3,(H,97,105)(H,98,106)/b11-10+,17-12+,18-13+,28-22+,45-27+,59-15+,60-16+,61-19+,62-20+,88-78?,88-80?,89-79?,89-81?,90-82?,90-83?,91-84?,91-85?. The van der Waals surface area contributed by atoms with Crippen LogP contribution in [0.15, 0.2) is 282 Å². The number of hydrogen-bond acceptors (Lipinski definition) is 6. The van der Waals surface area contributed by atoms with Crippen molar-refractivity contribution in [1.29, 1.82) is 0 Å². The third-order valence-electron chi connectivity index (χ3n) is 19.6. The van der Waals surface area contributed by atoms with Crippen LogP contribution >= 0.6 is 11.6 Å². The number of aromatic amines is 2. The molecule has 0 unspecified atom stereocenters. The summed E-state index contributed by atoms with van der Waals surface area (Å²) in [6.45, 7) is 19.6. The van der Waals surface area contributed by atoms with Gasteiger partial charge in [-0.2, -0.15) is 0 Å². The minimum atomic E-state index is -0.493. The Morgan fingerprint density at radius 2 is 0.840 bits per heavy atom. The van der Waals surface area contributed by atoms with Crippen LogP contribution in [0.4, 0.5) is 11.4 Å². The van der Waals surface area contributed by atoms with Crippen LogP contribution in [0, 0.1) is 19.3 Å². The minimum absolute atomic E-state index is 0.0315. The Bertz CT molecular complexity index is 5590. The lowest BCUT2D eigenvalue weighted by molar-refractivity contribution is 0.0992. The molecule has 4 N–H and O–H groups in total. The molecule has 4 aliphatic rings. The first-order chi connectivity index (χ1) is 51.2. The van der Waals surface area contributed by atoms with Crippen molar-refractivity contribution in [2.75, 3.05) is 10.6 Å². The molecule has 3 aromatic heterocycles. The van der Waals surface area contributed by atoms with Gasteiger partial charge in [-0.3, -0.25) is 19.2 Å². The molecule has 106 heavy (non-hydrogen) atoms. The van der Waals surface area contributed by atoms with Crippen molar-refractivity contribution in [3.05, 3.63) is 349 Å². The fourth-order valence-electron chi connectivity index (χ4n) is 13.8. The second-order valence-electron chi connectivity index (χ2n) is 28.2. The van der Waals surface area contributed by atoms with Crippen molar-refractivity contribution in [2.45, 2.75) is 81.6 Å². The summed E-state index contributed by atoms with van der Waals surface area (Å²) in [4.78, 5) is 71.7. The largest absolute Gasteiger partial charge is 0.354 e. The van der Waals surface area contributed by atoms with Crippen molar-refractivity contribution < 1.29 is 19.2 Å². The fraction of sp³-hybridized carbons (Fsp3) is 0.137. The van der Waals surface area contributed by atoms with E-state index in [4.69, 9.17) is 21.6 Å². The molecular formula is C95H83ClN6O4. The Balaban J connectivity index is 0.745. The highest BCUT2D eigenvalue weighted by atomic mass is 35.5. The average molecular weight is 1410 g/mol. The molecule has 0 saturated heterocycles. The topological polar surface area (TPSA) is 150 Å². The van der Waals surface area contributed by atoms with E-state index in [9.17, 15) is 19.2 Å². The second-order valence-corrected chi connectivity index (χ2v) is 28.6. The van der Waals surface area contributed by atoms with Crippen LogP contribution in [0.5, 0.6) is 0 Å². The maximum atomic E-state index is 13.9. The number of anilines is 2. The SMILES string of the molecule is CC1=C(/C=C/C(C)=C/C=C/C(C)=C/C=C/C=C(C)/C=C/C=C(C)/C=C/c2ccc(C(=O)Nc3ccc(-c4c5nc(c(-c6ccc(C)cc6)c6ccc([nH]6)c(-c6ccc(NC(=O)c7cc(Cl)c8c(c7)C(=O)C=CC8=O)cc6)c6nc(c(-c7ccc(C)cc7)c7ccc4[nH]7)C=C6)C=C5)cc3)cc2)C(C)(C)CCC1. The lowest BCUT2D eigenvalue weighted by Gasteiger charge is -2.32. The molecular weight excluding hydrogens is 1320 g/mol. The van der Waals surface area contributed by atoms with Gasteiger partial charge in [0.15, 0.2) is 11.6 Å². The van der Waals surface area contributed by atoms with Gasteiger partial charge >= 0.3 is 0 Å². The molecule has 2 amide bonds. The summed E-state index contributed by atoms with van der Waals surface area (Å²) in [5, 5.41) is 6.12. The van der Waals surface area contributed by atoms with Crippen molar-refractivity contribution >= 4 is 98.8 Å². The average Bonchev–Trinajstić information content (AvgIpc) is 1.65. The molecule has 13 rings (SSSR count). The molecule has 11 heteroatoms. The molecule has 2 aliphatic heterocycles. The number of halogens is 1. The van der Waals surface area contributed by atoms with Gasteiger partial charge in [-0.25, -0.2) is 9.97 Å². The fourth-order valence-corrected chi connectivity index (χ4v) is 14.1. The number of benzene rings is 6. The van der Waals surface area contributed by atoms with E-state index < -0.39 is 11.7 Å². The van der Waals surface area contributed by atoms with Crippen molar-refractivity contribution in [2.24, 2.45) is 5.41 Å². The van der Waals surface area contributed by atoms with Crippen LogP contribution in [0.1, 0.15) is 149 Å². The highest BCUT2D eigenvalue weighted by Crippen LogP contribution is 2.42. The van der Waals surface area contributed by atoms with Gasteiger partial charge in [-0.15, -0.1) is 0 Å². The van der Waals surface area contributed by atoms with E-state index >= 15 is 0 Å². The van der Waals surface area contributed by atoms with Crippen LogP contribution in [0.25, 0.3) is 97.0 Å². The zero-order valence-electron chi connectivity index (χ0n) is 61.1. The van der Waals surface area contributed by atoms with Crippen LogP contribution in [-0.4, -0.2) is 43.3 Å². The number of aryl methyl sites for hydroxylation is 2. The molecule has 524 valence electrons. The molecule has 0 fully saturated rings. The Morgan fingerprint density at radius 1 is 0.443 bits per heavy atom. The van der Waals surface area contributed by atoms with Crippen LogP contribution in [0.2, 0.25) is 5.02 Å². The van der Waals surface area contributed by atoms with Gasteiger partial charge in [0.25, 0.3) is 11.8 Å². The van der Waals surface area contributed by atoms with E-state index in [2.05, 4.69) is 247 Å². The smallest absolute Gasteiger partial charge is 0.255 e. The van der Waals surface area contributed by atoms with Gasteiger partial charge in [0, 0.05) is 72.4 Å². The zero-order chi connectivity index (χ0) is 74.2. The predicted octanol–water partition coefficient (Wildman–Crippen LogP) is 24.6. The van der Waals surface area contributed by atoms with Crippen molar-refractivity contribution in [1.82, 2.24) is 19.9 Å². The van der Waals surface area contributed by atoms with Gasteiger partial charge in [0.05, 0.1) is 33.4 Å². The van der Waals surface area contributed by atoms with E-state index in [0.29, 0.717) is 22.6 Å². The summed E-state index contributed by atoms with van der Waals surface area (Å²) in [5.41, 5.74) is 26.4. The second kappa shape index (κ2) is 31.7. The normalized spacial score (nSPS) is 14.8. The number of hydrogen-bond donors (Lipinski definition) is 4. The van der Waals surface area contributed by atoms with E-state index in [0.717, 1.165) is 111 Å². The first-order valence-corrected chi connectivity index (χ1v) is 36.2. The summed E-state index contributed by atoms with van der Waals surface area (Å²) < 4.78 is 0. The zero-order valence-corrected chi connectivity index (χ0v) is 61.8. The Morgan fingerprint density at radius 3 is 1.28 bits per heavy atom. The number of amides is 2. The monoisotopic (exact) mass is 1410 g/mol. The number of nitrogens with one attached hydrogen (secondary N) is 4. The van der Waals surface area contributed by atoms with Gasteiger partial charge in [0.2, 0.25) is 0 Å². The number of aromatic nitrogens is 4. The van der Waals surface area contributed by atoms with Crippen molar-refractivity contribution in [3.63, 3.8) is 0 Å². The van der Waals surface area contributed by atoms with Gasteiger partial charge in [-0.1, -0.05) is 234 Å². The molecule has 5 heterocycles. The number of carbonyl (C=O) groups is 4. The van der Waals surface area contributed by atoms with E-state index in [1.54, 1.807) is 0 Å². The lowest BCUT2D eigenvalue weighted by atomic mass is 9.72. The van der Waals surface area contributed by atoms with E-state index in [1.165, 1.54) is 65.8 Å². The summed E-state index contributed by atoms with van der Waals surface area (Å²) in [7, 11) is 0. The number of H-pyrrole nitrogens is 2. The van der Waals surface area contributed by atoms with E-state index in [-0.39, 0.29) is 38.8 Å². The first-order valence-electron chi connectivity index (χ1n) is 35.8. The Labute approximate surface area is 625 Å². The van der Waals surface area contributed by atoms with Crippen molar-refractivity contribution in [3.8, 4) is 44.5 Å². The third-order valence-corrected chi connectivity index (χ3v) is 19.9. The molecule has 10 nitrogen and oxygen atoms in total. The van der Waals surface area contributed by atoms with Gasteiger partial charge < -0.3 is 20.6 Å². The lowest BCUT2D eigenvalue weighted by Crippen LogP contribution is -2.19. The number of rotatable bonds is 18. The first kappa shape index (κ1) is 72.0. The molecule has 0 spiro atoms. The predicted molar refractivity (Wildman–Crippen MR) is 443 cm³/mol. The molecule has 2 aliphatic carbocycles. The summed E-state index contributed by atoms with van der Waals surface area (Å²) in [6.07, 6.45) is 44.0. The maximum Gasteiger partial charge on any atom is 0.255 e. The molecule has 0 radical (unpaired) electrons. The maximum absolute atomic E-state index is 13.9. The van der Waals surface area contributed by atoms with E-state index in [1.807, 2.05) is 91.0 Å². The summed E-state index contributed by atoms with van der Waals surface area (Å²) in [6, 6.07) is 51.0. The quantitative estimate of drug-likeness (QED) is 0.0629. The highest BCUT2D eigenvalue weighted by molar-refractivity contribution is 6.38. The van der Waals surface area contributed by atoms with Crippen LogP contribution in [0.3, 0.4) is 0 Å². The number of carbonyl (C=O) groups excluding carboxylic acids is 4. The van der Waals surface area contributed by atoms with Crippen LogP contribution < -0.4 is 10.6 Å². The number of fused-ring (bicyclic) bond motifs is 9. The molecule has 6 aromatic carbocycles. The highest BCUT2D eigenvalue weighted by Gasteiger charge is 2.28.